The zero-order chi connectivity index (χ0) is 14.1. The van der Waals surface area contributed by atoms with Crippen LogP contribution in [-0.2, 0) is 11.2 Å². The fraction of sp³-hybridized carbons (Fsp3) is 0.625. The molecule has 0 saturated carbocycles. The second-order valence-corrected chi connectivity index (χ2v) is 6.08. The molecule has 3 unspecified atom stereocenters. The topological polar surface area (TPSA) is 47.7 Å². The standard InChI is InChI=1S/C16H24N2O2/c1-11-3-4-15-13(7-11)8-14(20-15)9-18-5-6-19-16(10-18)12(2)17/h3-4,7,12,14,16H,5-6,8-10,17H2,1-2H3. The molecular formula is C16H24N2O2. The van der Waals surface area contributed by atoms with Crippen molar-refractivity contribution in [2.45, 2.75) is 38.5 Å². The van der Waals surface area contributed by atoms with Gasteiger partial charge in [-0.2, -0.15) is 0 Å². The lowest BCUT2D eigenvalue weighted by atomic mass is 10.1. The third-order valence-electron chi connectivity index (χ3n) is 4.18. The summed E-state index contributed by atoms with van der Waals surface area (Å²) in [5.41, 5.74) is 8.58. The summed E-state index contributed by atoms with van der Waals surface area (Å²) in [6, 6.07) is 6.53. The van der Waals surface area contributed by atoms with Gasteiger partial charge in [0.2, 0.25) is 0 Å². The number of rotatable bonds is 3. The van der Waals surface area contributed by atoms with Crippen LogP contribution in [0.15, 0.2) is 18.2 Å². The molecule has 1 aromatic rings. The highest BCUT2D eigenvalue weighted by molar-refractivity contribution is 5.40. The Hall–Kier alpha value is -1.10. The van der Waals surface area contributed by atoms with E-state index in [4.69, 9.17) is 15.2 Å². The van der Waals surface area contributed by atoms with E-state index in [1.807, 2.05) is 6.92 Å². The highest BCUT2D eigenvalue weighted by Gasteiger charge is 2.29. The zero-order valence-electron chi connectivity index (χ0n) is 12.3. The summed E-state index contributed by atoms with van der Waals surface area (Å²) in [7, 11) is 0. The van der Waals surface area contributed by atoms with Gasteiger partial charge in [0.25, 0.3) is 0 Å². The maximum absolute atomic E-state index is 6.05. The van der Waals surface area contributed by atoms with Crippen LogP contribution in [0, 0.1) is 6.92 Å². The van der Waals surface area contributed by atoms with Crippen molar-refractivity contribution in [1.29, 1.82) is 0 Å². The number of hydrogen-bond donors (Lipinski definition) is 1. The molecule has 4 nitrogen and oxygen atoms in total. The Kier molecular flexibility index (Phi) is 3.96. The van der Waals surface area contributed by atoms with Gasteiger partial charge in [-0.1, -0.05) is 17.7 Å². The van der Waals surface area contributed by atoms with Crippen LogP contribution >= 0.6 is 0 Å². The van der Waals surface area contributed by atoms with E-state index in [1.54, 1.807) is 0 Å². The highest BCUT2D eigenvalue weighted by Crippen LogP contribution is 2.30. The molecule has 0 bridgehead atoms. The molecule has 0 radical (unpaired) electrons. The molecule has 110 valence electrons. The van der Waals surface area contributed by atoms with E-state index in [-0.39, 0.29) is 18.2 Å². The Balaban J connectivity index is 1.57. The van der Waals surface area contributed by atoms with Crippen LogP contribution in [0.2, 0.25) is 0 Å². The maximum Gasteiger partial charge on any atom is 0.123 e. The molecule has 1 saturated heterocycles. The first-order valence-electron chi connectivity index (χ1n) is 7.47. The molecule has 1 aromatic carbocycles. The van der Waals surface area contributed by atoms with E-state index in [0.717, 1.165) is 38.4 Å². The predicted molar refractivity (Wildman–Crippen MR) is 79.1 cm³/mol. The molecule has 1 fully saturated rings. The van der Waals surface area contributed by atoms with Gasteiger partial charge < -0.3 is 15.2 Å². The van der Waals surface area contributed by atoms with Crippen molar-refractivity contribution in [1.82, 2.24) is 4.90 Å². The van der Waals surface area contributed by atoms with Crippen LogP contribution in [0.25, 0.3) is 0 Å². The zero-order valence-corrected chi connectivity index (χ0v) is 12.3. The van der Waals surface area contributed by atoms with Gasteiger partial charge in [-0.25, -0.2) is 0 Å². The lowest BCUT2D eigenvalue weighted by Gasteiger charge is -2.35. The molecule has 2 aliphatic heterocycles. The summed E-state index contributed by atoms with van der Waals surface area (Å²) in [5.74, 6) is 1.05. The van der Waals surface area contributed by atoms with Crippen molar-refractivity contribution >= 4 is 0 Å². The first-order chi connectivity index (χ1) is 9.61. The average Bonchev–Trinajstić information content (AvgIpc) is 2.80. The third-order valence-corrected chi connectivity index (χ3v) is 4.18. The van der Waals surface area contributed by atoms with Crippen molar-refractivity contribution in [2.75, 3.05) is 26.2 Å². The number of fused-ring (bicyclic) bond motifs is 1. The minimum Gasteiger partial charge on any atom is -0.488 e. The normalized spacial score (nSPS) is 27.9. The van der Waals surface area contributed by atoms with Crippen molar-refractivity contribution in [3.05, 3.63) is 29.3 Å². The van der Waals surface area contributed by atoms with Crippen LogP contribution in [0.1, 0.15) is 18.1 Å². The summed E-state index contributed by atoms with van der Waals surface area (Å²) in [4.78, 5) is 2.42. The van der Waals surface area contributed by atoms with Gasteiger partial charge in [0.15, 0.2) is 0 Å². The molecule has 0 aliphatic carbocycles. The van der Waals surface area contributed by atoms with Gasteiger partial charge >= 0.3 is 0 Å². The molecule has 20 heavy (non-hydrogen) atoms. The molecule has 0 aromatic heterocycles. The van der Waals surface area contributed by atoms with Crippen LogP contribution < -0.4 is 10.5 Å². The van der Waals surface area contributed by atoms with Crippen LogP contribution in [0.4, 0.5) is 0 Å². The van der Waals surface area contributed by atoms with E-state index in [1.165, 1.54) is 11.1 Å². The average molecular weight is 276 g/mol. The fourth-order valence-electron chi connectivity index (χ4n) is 3.05. The van der Waals surface area contributed by atoms with Gasteiger partial charge in [0, 0.05) is 32.1 Å². The summed E-state index contributed by atoms with van der Waals surface area (Å²) in [6.07, 6.45) is 1.42. The Bertz CT molecular complexity index is 476. The molecule has 0 amide bonds. The number of morpholine rings is 1. The Labute approximate surface area is 120 Å². The number of benzene rings is 1. The van der Waals surface area contributed by atoms with E-state index < -0.39 is 0 Å². The third kappa shape index (κ3) is 2.97. The quantitative estimate of drug-likeness (QED) is 0.905. The van der Waals surface area contributed by atoms with Crippen LogP contribution in [0.5, 0.6) is 5.75 Å². The number of aryl methyl sites for hydroxylation is 1. The van der Waals surface area contributed by atoms with Crippen LogP contribution in [-0.4, -0.2) is 49.4 Å². The number of nitrogens with two attached hydrogens (primary N) is 1. The van der Waals surface area contributed by atoms with Gasteiger partial charge in [-0.05, 0) is 25.5 Å². The summed E-state index contributed by atoms with van der Waals surface area (Å²) >= 11 is 0. The van der Waals surface area contributed by atoms with Crippen molar-refractivity contribution in [3.8, 4) is 5.75 Å². The molecule has 3 atom stereocenters. The first kappa shape index (κ1) is 13.9. The Morgan fingerprint density at radius 2 is 2.30 bits per heavy atom. The number of nitrogens with zero attached hydrogens (tertiary/aromatic N) is 1. The minimum atomic E-state index is 0.0853. The van der Waals surface area contributed by atoms with Gasteiger partial charge in [0.05, 0.1) is 12.7 Å². The fourth-order valence-corrected chi connectivity index (χ4v) is 3.05. The monoisotopic (exact) mass is 276 g/mol. The first-order valence-corrected chi connectivity index (χ1v) is 7.47. The molecule has 2 N–H and O–H groups in total. The highest BCUT2D eigenvalue weighted by atomic mass is 16.5. The molecule has 2 heterocycles. The second-order valence-electron chi connectivity index (χ2n) is 6.08. The van der Waals surface area contributed by atoms with Gasteiger partial charge in [0.1, 0.15) is 11.9 Å². The minimum absolute atomic E-state index is 0.0853. The van der Waals surface area contributed by atoms with Gasteiger partial charge in [-0.3, -0.25) is 4.90 Å². The molecular weight excluding hydrogens is 252 g/mol. The van der Waals surface area contributed by atoms with E-state index >= 15 is 0 Å². The van der Waals surface area contributed by atoms with E-state index in [0.29, 0.717) is 0 Å². The molecule has 0 spiro atoms. The lowest BCUT2D eigenvalue weighted by molar-refractivity contribution is -0.0452. The predicted octanol–water partition coefficient (Wildman–Crippen LogP) is 1.35. The Morgan fingerprint density at radius 3 is 3.10 bits per heavy atom. The summed E-state index contributed by atoms with van der Waals surface area (Å²) < 4.78 is 11.8. The van der Waals surface area contributed by atoms with Crippen molar-refractivity contribution in [3.63, 3.8) is 0 Å². The van der Waals surface area contributed by atoms with Gasteiger partial charge in [-0.15, -0.1) is 0 Å². The summed E-state index contributed by atoms with van der Waals surface area (Å²) in [6.45, 7) is 7.75. The molecule has 4 heteroatoms. The lowest BCUT2D eigenvalue weighted by Crippen LogP contribution is -2.51. The smallest absolute Gasteiger partial charge is 0.123 e. The molecule has 3 rings (SSSR count). The Morgan fingerprint density at radius 1 is 1.45 bits per heavy atom. The number of hydrogen-bond acceptors (Lipinski definition) is 4. The SMILES string of the molecule is Cc1ccc2c(c1)CC(CN1CCOC(C(C)N)C1)O2. The van der Waals surface area contributed by atoms with Crippen LogP contribution in [0.3, 0.4) is 0 Å². The maximum atomic E-state index is 6.05. The van der Waals surface area contributed by atoms with E-state index in [2.05, 4.69) is 30.0 Å². The van der Waals surface area contributed by atoms with Crippen molar-refractivity contribution in [2.24, 2.45) is 5.73 Å². The second kappa shape index (κ2) is 5.72. The largest absolute Gasteiger partial charge is 0.488 e. The summed E-state index contributed by atoms with van der Waals surface area (Å²) in [5, 5.41) is 0. The van der Waals surface area contributed by atoms with E-state index in [9.17, 15) is 0 Å². The molecule has 2 aliphatic rings. The van der Waals surface area contributed by atoms with Crippen molar-refractivity contribution < 1.29 is 9.47 Å². The number of ether oxygens (including phenoxy) is 2.